The summed E-state index contributed by atoms with van der Waals surface area (Å²) < 4.78 is 5.32. The Kier molecular flexibility index (Phi) is 3.77. The molecule has 4 nitrogen and oxygen atoms in total. The van der Waals surface area contributed by atoms with Gasteiger partial charge in [-0.3, -0.25) is 4.79 Å². The van der Waals surface area contributed by atoms with Crippen LogP contribution >= 0.6 is 0 Å². The predicted molar refractivity (Wildman–Crippen MR) is 68.5 cm³/mol. The van der Waals surface area contributed by atoms with Crippen LogP contribution in [0.2, 0.25) is 0 Å². The minimum absolute atomic E-state index is 0.0637. The summed E-state index contributed by atoms with van der Waals surface area (Å²) in [7, 11) is 0. The summed E-state index contributed by atoms with van der Waals surface area (Å²) in [6.07, 6.45) is 2.34. The van der Waals surface area contributed by atoms with E-state index < -0.39 is 0 Å². The Bertz CT molecular complexity index is 529. The molecule has 0 saturated heterocycles. The van der Waals surface area contributed by atoms with Gasteiger partial charge in [0, 0.05) is 25.5 Å². The van der Waals surface area contributed by atoms with Crippen molar-refractivity contribution < 1.29 is 9.21 Å². The number of rotatable bonds is 4. The van der Waals surface area contributed by atoms with Gasteiger partial charge in [-0.25, -0.2) is 4.98 Å². The number of oxazole rings is 1. The summed E-state index contributed by atoms with van der Waals surface area (Å²) in [5, 5.41) is 2.85. The third kappa shape index (κ3) is 3.20. The lowest BCUT2D eigenvalue weighted by Gasteiger charge is -2.04. The number of aryl methyl sites for hydroxylation is 2. The molecule has 0 bridgehead atoms. The van der Waals surface area contributed by atoms with Crippen LogP contribution in [-0.2, 0) is 6.42 Å². The Hall–Kier alpha value is -2.10. The van der Waals surface area contributed by atoms with Gasteiger partial charge in [0.2, 0.25) is 0 Å². The van der Waals surface area contributed by atoms with Gasteiger partial charge in [0.1, 0.15) is 5.76 Å². The molecule has 1 aromatic carbocycles. The van der Waals surface area contributed by atoms with Crippen molar-refractivity contribution in [1.29, 1.82) is 0 Å². The van der Waals surface area contributed by atoms with E-state index in [1.54, 1.807) is 13.1 Å². The number of carbonyl (C=O) groups excluding carboxylic acids is 1. The first-order chi connectivity index (χ1) is 8.65. The van der Waals surface area contributed by atoms with E-state index in [2.05, 4.69) is 10.3 Å². The van der Waals surface area contributed by atoms with Crippen LogP contribution in [0.5, 0.6) is 0 Å². The fourth-order valence-corrected chi connectivity index (χ4v) is 1.63. The second-order valence-electron chi connectivity index (χ2n) is 4.22. The van der Waals surface area contributed by atoms with Crippen molar-refractivity contribution in [2.45, 2.75) is 20.3 Å². The largest absolute Gasteiger partial charge is 0.446 e. The van der Waals surface area contributed by atoms with Crippen molar-refractivity contribution in [3.05, 3.63) is 53.2 Å². The summed E-state index contributed by atoms with van der Waals surface area (Å²) in [5.41, 5.74) is 1.82. The maximum atomic E-state index is 11.8. The zero-order valence-corrected chi connectivity index (χ0v) is 10.6. The van der Waals surface area contributed by atoms with Crippen LogP contribution in [0.3, 0.4) is 0 Å². The molecule has 1 aromatic heterocycles. The third-order valence-corrected chi connectivity index (χ3v) is 2.64. The Balaban J connectivity index is 1.83. The molecule has 0 atom stereocenters. The van der Waals surface area contributed by atoms with Crippen molar-refractivity contribution in [1.82, 2.24) is 10.3 Å². The number of nitrogens with zero attached hydrogens (tertiary/aromatic N) is 1. The first kappa shape index (κ1) is 12.4. The predicted octanol–water partition coefficient (Wildman–Crippen LogP) is 2.26. The minimum atomic E-state index is -0.0637. The number of benzene rings is 1. The summed E-state index contributed by atoms with van der Waals surface area (Å²) in [6, 6.07) is 7.50. The van der Waals surface area contributed by atoms with Crippen molar-refractivity contribution in [2.75, 3.05) is 6.54 Å². The van der Waals surface area contributed by atoms with E-state index in [1.807, 2.05) is 31.2 Å². The molecule has 0 spiro atoms. The number of nitrogens with one attached hydrogen (secondary N) is 1. The van der Waals surface area contributed by atoms with Gasteiger partial charge in [0.15, 0.2) is 5.89 Å². The highest BCUT2D eigenvalue weighted by atomic mass is 16.3. The fraction of sp³-hybridized carbons (Fsp3) is 0.286. The molecule has 0 aliphatic rings. The van der Waals surface area contributed by atoms with E-state index in [1.165, 1.54) is 0 Å². The Morgan fingerprint density at radius 3 is 2.61 bits per heavy atom. The molecule has 0 unspecified atom stereocenters. The first-order valence-electron chi connectivity index (χ1n) is 5.91. The highest BCUT2D eigenvalue weighted by Crippen LogP contribution is 2.04. The highest BCUT2D eigenvalue weighted by Gasteiger charge is 2.05. The standard InChI is InChI=1S/C14H16N2O2/c1-10-3-5-12(6-4-10)14(17)15-8-7-13-9-16-11(2)18-13/h3-6,9H,7-8H2,1-2H3,(H,15,17). The monoisotopic (exact) mass is 244 g/mol. The quantitative estimate of drug-likeness (QED) is 0.897. The summed E-state index contributed by atoms with van der Waals surface area (Å²) in [6.45, 7) is 4.34. The Morgan fingerprint density at radius 2 is 2.00 bits per heavy atom. The van der Waals surface area contributed by atoms with Crippen LogP contribution in [0, 0.1) is 13.8 Å². The summed E-state index contributed by atoms with van der Waals surface area (Å²) in [5.74, 6) is 1.37. The van der Waals surface area contributed by atoms with Gasteiger partial charge in [-0.2, -0.15) is 0 Å². The van der Waals surface area contributed by atoms with Crippen molar-refractivity contribution in [3.63, 3.8) is 0 Å². The Labute approximate surface area is 106 Å². The SMILES string of the molecule is Cc1ccc(C(=O)NCCc2cnc(C)o2)cc1. The number of hydrogen-bond donors (Lipinski definition) is 1. The van der Waals surface area contributed by atoms with Crippen molar-refractivity contribution in [3.8, 4) is 0 Å². The minimum Gasteiger partial charge on any atom is -0.446 e. The van der Waals surface area contributed by atoms with Gasteiger partial charge >= 0.3 is 0 Å². The van der Waals surface area contributed by atoms with Gasteiger partial charge < -0.3 is 9.73 Å². The van der Waals surface area contributed by atoms with Crippen molar-refractivity contribution in [2.24, 2.45) is 0 Å². The lowest BCUT2D eigenvalue weighted by Crippen LogP contribution is -2.25. The lowest BCUT2D eigenvalue weighted by molar-refractivity contribution is 0.0953. The van der Waals surface area contributed by atoms with Crippen LogP contribution in [0.25, 0.3) is 0 Å². The van der Waals surface area contributed by atoms with Crippen LogP contribution in [0.4, 0.5) is 0 Å². The van der Waals surface area contributed by atoms with Gasteiger partial charge in [-0.05, 0) is 19.1 Å². The molecular formula is C14H16N2O2. The van der Waals surface area contributed by atoms with Gasteiger partial charge in [0.05, 0.1) is 6.20 Å². The molecule has 94 valence electrons. The number of amides is 1. The molecular weight excluding hydrogens is 228 g/mol. The van der Waals surface area contributed by atoms with Crippen LogP contribution in [0.1, 0.15) is 27.6 Å². The maximum absolute atomic E-state index is 11.8. The normalized spacial score (nSPS) is 10.3. The van der Waals surface area contributed by atoms with Crippen LogP contribution in [-0.4, -0.2) is 17.4 Å². The van der Waals surface area contributed by atoms with Crippen LogP contribution in [0.15, 0.2) is 34.9 Å². The number of hydrogen-bond acceptors (Lipinski definition) is 3. The van der Waals surface area contributed by atoms with E-state index in [0.29, 0.717) is 24.4 Å². The molecule has 0 fully saturated rings. The first-order valence-corrected chi connectivity index (χ1v) is 5.91. The molecule has 2 rings (SSSR count). The summed E-state index contributed by atoms with van der Waals surface area (Å²) in [4.78, 5) is 15.8. The van der Waals surface area contributed by atoms with Gasteiger partial charge in [-0.1, -0.05) is 17.7 Å². The molecule has 18 heavy (non-hydrogen) atoms. The Morgan fingerprint density at radius 1 is 1.28 bits per heavy atom. The number of aromatic nitrogens is 1. The average molecular weight is 244 g/mol. The zero-order valence-electron chi connectivity index (χ0n) is 10.6. The molecule has 0 aliphatic heterocycles. The molecule has 1 N–H and O–H groups in total. The van der Waals surface area contributed by atoms with Gasteiger partial charge in [0.25, 0.3) is 5.91 Å². The van der Waals surface area contributed by atoms with E-state index in [0.717, 1.165) is 11.3 Å². The van der Waals surface area contributed by atoms with E-state index in [4.69, 9.17) is 4.42 Å². The highest BCUT2D eigenvalue weighted by molar-refractivity contribution is 5.94. The molecule has 2 aromatic rings. The van der Waals surface area contributed by atoms with Crippen LogP contribution < -0.4 is 5.32 Å². The fourth-order valence-electron chi connectivity index (χ4n) is 1.63. The zero-order chi connectivity index (χ0) is 13.0. The molecule has 1 amide bonds. The number of carbonyl (C=O) groups is 1. The molecule has 0 aliphatic carbocycles. The molecule has 1 heterocycles. The average Bonchev–Trinajstić information content (AvgIpc) is 2.76. The van der Waals surface area contributed by atoms with Gasteiger partial charge in [-0.15, -0.1) is 0 Å². The lowest BCUT2D eigenvalue weighted by atomic mass is 10.1. The third-order valence-electron chi connectivity index (χ3n) is 2.64. The molecule has 0 saturated carbocycles. The molecule has 4 heteroatoms. The van der Waals surface area contributed by atoms with E-state index >= 15 is 0 Å². The van der Waals surface area contributed by atoms with E-state index in [-0.39, 0.29) is 5.91 Å². The maximum Gasteiger partial charge on any atom is 0.251 e. The van der Waals surface area contributed by atoms with E-state index in [9.17, 15) is 4.79 Å². The topological polar surface area (TPSA) is 55.1 Å². The smallest absolute Gasteiger partial charge is 0.251 e. The van der Waals surface area contributed by atoms with Crippen molar-refractivity contribution >= 4 is 5.91 Å². The molecule has 0 radical (unpaired) electrons. The summed E-state index contributed by atoms with van der Waals surface area (Å²) >= 11 is 0. The second-order valence-corrected chi connectivity index (χ2v) is 4.22. The second kappa shape index (κ2) is 5.49.